The van der Waals surface area contributed by atoms with E-state index in [1.807, 2.05) is 12.1 Å². The fourth-order valence-electron chi connectivity index (χ4n) is 1.71. The smallest absolute Gasteiger partial charge is 0.161 e. The van der Waals surface area contributed by atoms with Crippen LogP contribution < -0.4 is 9.47 Å². The molecule has 0 saturated carbocycles. The number of ether oxygens (including phenoxy) is 2. The van der Waals surface area contributed by atoms with Gasteiger partial charge in [0.05, 0.1) is 7.11 Å². The van der Waals surface area contributed by atoms with E-state index in [1.54, 1.807) is 13.2 Å². The second kappa shape index (κ2) is 6.70. The van der Waals surface area contributed by atoms with E-state index in [1.165, 1.54) is 12.1 Å². The van der Waals surface area contributed by atoms with Crippen LogP contribution in [0.3, 0.4) is 0 Å². The van der Waals surface area contributed by atoms with Gasteiger partial charge in [0.15, 0.2) is 11.5 Å². The summed E-state index contributed by atoms with van der Waals surface area (Å²) in [5, 5.41) is 0.705. The Bertz CT molecular complexity index is 602. The predicted octanol–water partition coefficient (Wildman–Crippen LogP) is 4.45. The lowest BCUT2D eigenvalue weighted by Crippen LogP contribution is -2.01. The summed E-state index contributed by atoms with van der Waals surface area (Å²) < 4.78 is 37.1. The van der Waals surface area contributed by atoms with Crippen LogP contribution in [0.5, 0.6) is 11.5 Å². The minimum absolute atomic E-state index is 0.0101. The summed E-state index contributed by atoms with van der Waals surface area (Å²) >= 11 is 3.36. The molecule has 2 aromatic carbocycles. The van der Waals surface area contributed by atoms with Crippen molar-refractivity contribution in [1.29, 1.82) is 0 Å². The van der Waals surface area contributed by atoms with Crippen LogP contribution in [0.1, 0.15) is 11.1 Å². The Morgan fingerprint density at radius 2 is 1.85 bits per heavy atom. The van der Waals surface area contributed by atoms with E-state index in [-0.39, 0.29) is 12.2 Å². The van der Waals surface area contributed by atoms with Crippen LogP contribution in [0.15, 0.2) is 36.4 Å². The van der Waals surface area contributed by atoms with Crippen molar-refractivity contribution in [3.05, 3.63) is 59.2 Å². The Morgan fingerprint density at radius 1 is 1.05 bits per heavy atom. The topological polar surface area (TPSA) is 18.5 Å². The molecule has 0 atom stereocenters. The molecule has 5 heteroatoms. The molecule has 0 N–H and O–H groups in total. The standard InChI is InChI=1S/C15H13BrF2O2/c1-19-15-6-10(8-16)2-5-14(15)20-9-11-3-4-12(17)7-13(11)18/h2-7H,8-9H2,1H3. The lowest BCUT2D eigenvalue weighted by Gasteiger charge is -2.12. The predicted molar refractivity (Wildman–Crippen MR) is 76.3 cm³/mol. The Balaban J connectivity index is 2.14. The molecule has 0 radical (unpaired) electrons. The van der Waals surface area contributed by atoms with E-state index in [9.17, 15) is 8.78 Å². The molecule has 20 heavy (non-hydrogen) atoms. The Morgan fingerprint density at radius 3 is 2.50 bits per heavy atom. The minimum atomic E-state index is -0.624. The van der Waals surface area contributed by atoms with E-state index in [4.69, 9.17) is 9.47 Å². The molecule has 0 aromatic heterocycles. The second-order valence-electron chi connectivity index (χ2n) is 4.14. The van der Waals surface area contributed by atoms with Gasteiger partial charge in [0.25, 0.3) is 0 Å². The van der Waals surface area contributed by atoms with E-state index in [0.717, 1.165) is 11.6 Å². The molecule has 0 saturated heterocycles. The Labute approximate surface area is 124 Å². The van der Waals surface area contributed by atoms with Crippen molar-refractivity contribution >= 4 is 15.9 Å². The van der Waals surface area contributed by atoms with Gasteiger partial charge in [-0.3, -0.25) is 0 Å². The molecule has 0 amide bonds. The molecule has 2 rings (SSSR count). The highest BCUT2D eigenvalue weighted by Crippen LogP contribution is 2.29. The van der Waals surface area contributed by atoms with Crippen LogP contribution in [0.4, 0.5) is 8.78 Å². The SMILES string of the molecule is COc1cc(CBr)ccc1OCc1ccc(F)cc1F. The van der Waals surface area contributed by atoms with Crippen LogP contribution in [0.25, 0.3) is 0 Å². The van der Waals surface area contributed by atoms with Crippen molar-refractivity contribution < 1.29 is 18.3 Å². The summed E-state index contributed by atoms with van der Waals surface area (Å²) in [6, 6.07) is 8.89. The summed E-state index contributed by atoms with van der Waals surface area (Å²) in [6.07, 6.45) is 0. The van der Waals surface area contributed by atoms with Gasteiger partial charge in [0.2, 0.25) is 0 Å². The van der Waals surface area contributed by atoms with Crippen molar-refractivity contribution in [2.24, 2.45) is 0 Å². The van der Waals surface area contributed by atoms with Gasteiger partial charge in [-0.25, -0.2) is 8.78 Å². The zero-order valence-electron chi connectivity index (χ0n) is 10.8. The maximum Gasteiger partial charge on any atom is 0.161 e. The first-order valence-corrected chi connectivity index (χ1v) is 7.06. The maximum absolute atomic E-state index is 13.5. The van der Waals surface area contributed by atoms with Gasteiger partial charge in [-0.05, 0) is 29.8 Å². The van der Waals surface area contributed by atoms with Gasteiger partial charge in [-0.1, -0.05) is 22.0 Å². The number of alkyl halides is 1. The molecule has 0 aliphatic carbocycles. The Hall–Kier alpha value is -1.62. The average Bonchev–Trinajstić information content (AvgIpc) is 2.46. The Kier molecular flexibility index (Phi) is 4.95. The third-order valence-corrected chi connectivity index (χ3v) is 3.43. The molecule has 2 nitrogen and oxygen atoms in total. The van der Waals surface area contributed by atoms with E-state index >= 15 is 0 Å². The largest absolute Gasteiger partial charge is 0.493 e. The molecule has 0 aliphatic rings. The fourth-order valence-corrected chi connectivity index (χ4v) is 2.06. The number of hydrogen-bond donors (Lipinski definition) is 0. The highest BCUT2D eigenvalue weighted by molar-refractivity contribution is 9.08. The number of benzene rings is 2. The third kappa shape index (κ3) is 3.48. The lowest BCUT2D eigenvalue weighted by atomic mass is 10.2. The number of methoxy groups -OCH3 is 1. The van der Waals surface area contributed by atoms with Gasteiger partial charge < -0.3 is 9.47 Å². The van der Waals surface area contributed by atoms with Crippen LogP contribution in [-0.2, 0) is 11.9 Å². The molecule has 0 spiro atoms. The molecular weight excluding hydrogens is 330 g/mol. The molecule has 0 bridgehead atoms. The van der Waals surface area contributed by atoms with Crippen LogP contribution in [-0.4, -0.2) is 7.11 Å². The van der Waals surface area contributed by atoms with E-state index in [0.29, 0.717) is 16.8 Å². The second-order valence-corrected chi connectivity index (χ2v) is 4.70. The van der Waals surface area contributed by atoms with Crippen molar-refractivity contribution in [2.45, 2.75) is 11.9 Å². The summed E-state index contributed by atoms with van der Waals surface area (Å²) in [6.45, 7) is 0.0101. The lowest BCUT2D eigenvalue weighted by molar-refractivity contribution is 0.279. The molecular formula is C15H13BrF2O2. The maximum atomic E-state index is 13.5. The molecule has 0 fully saturated rings. The summed E-state index contributed by atoms with van der Waals surface area (Å²) in [7, 11) is 1.54. The van der Waals surface area contributed by atoms with Crippen molar-refractivity contribution in [1.82, 2.24) is 0 Å². The number of rotatable bonds is 5. The first-order valence-electron chi connectivity index (χ1n) is 5.93. The molecule has 0 aliphatic heterocycles. The summed E-state index contributed by atoms with van der Waals surface area (Å²) in [5.41, 5.74) is 1.33. The quantitative estimate of drug-likeness (QED) is 0.747. The zero-order chi connectivity index (χ0) is 14.5. The van der Waals surface area contributed by atoms with Gasteiger partial charge in [-0.2, -0.15) is 0 Å². The van der Waals surface area contributed by atoms with E-state index < -0.39 is 11.6 Å². The average molecular weight is 343 g/mol. The third-order valence-electron chi connectivity index (χ3n) is 2.78. The molecule has 0 unspecified atom stereocenters. The number of halogens is 3. The zero-order valence-corrected chi connectivity index (χ0v) is 12.4. The van der Waals surface area contributed by atoms with Gasteiger partial charge in [0.1, 0.15) is 18.2 Å². The number of hydrogen-bond acceptors (Lipinski definition) is 2. The van der Waals surface area contributed by atoms with Crippen LogP contribution >= 0.6 is 15.9 Å². The summed E-state index contributed by atoms with van der Waals surface area (Å²) in [5.74, 6) is -0.142. The van der Waals surface area contributed by atoms with E-state index in [2.05, 4.69) is 15.9 Å². The van der Waals surface area contributed by atoms with Crippen LogP contribution in [0.2, 0.25) is 0 Å². The van der Waals surface area contributed by atoms with Gasteiger partial charge in [-0.15, -0.1) is 0 Å². The first kappa shape index (κ1) is 14.8. The molecule has 2 aromatic rings. The van der Waals surface area contributed by atoms with Crippen molar-refractivity contribution in [2.75, 3.05) is 7.11 Å². The monoisotopic (exact) mass is 342 g/mol. The van der Waals surface area contributed by atoms with Gasteiger partial charge >= 0.3 is 0 Å². The molecule has 106 valence electrons. The molecule has 0 heterocycles. The summed E-state index contributed by atoms with van der Waals surface area (Å²) in [4.78, 5) is 0. The highest BCUT2D eigenvalue weighted by Gasteiger charge is 2.08. The fraction of sp³-hybridized carbons (Fsp3) is 0.200. The van der Waals surface area contributed by atoms with Crippen molar-refractivity contribution in [3.63, 3.8) is 0 Å². The minimum Gasteiger partial charge on any atom is -0.493 e. The van der Waals surface area contributed by atoms with Crippen LogP contribution in [0, 0.1) is 11.6 Å². The van der Waals surface area contributed by atoms with Crippen molar-refractivity contribution in [3.8, 4) is 11.5 Å². The first-order chi connectivity index (χ1) is 9.63. The normalized spacial score (nSPS) is 10.4. The highest BCUT2D eigenvalue weighted by atomic mass is 79.9. The van der Waals surface area contributed by atoms with Gasteiger partial charge in [0, 0.05) is 17.0 Å².